The van der Waals surface area contributed by atoms with Crippen molar-refractivity contribution in [3.8, 4) is 10.6 Å². The Labute approximate surface area is 105 Å². The fourth-order valence-corrected chi connectivity index (χ4v) is 3.33. The van der Waals surface area contributed by atoms with Crippen LogP contribution in [0.25, 0.3) is 10.6 Å². The van der Waals surface area contributed by atoms with Gasteiger partial charge in [0.05, 0.1) is 5.69 Å². The average Bonchev–Trinajstić information content (AvgIpc) is 2.75. The molecule has 1 aliphatic carbocycles. The summed E-state index contributed by atoms with van der Waals surface area (Å²) in [6, 6.07) is 4.23. The number of hydrogen-bond acceptors (Lipinski definition) is 4. The zero-order valence-corrected chi connectivity index (χ0v) is 10.6. The minimum atomic E-state index is 0.127. The van der Waals surface area contributed by atoms with Crippen molar-refractivity contribution in [3.05, 3.63) is 34.6 Å². The lowest BCUT2D eigenvalue weighted by Crippen LogP contribution is -2.16. The van der Waals surface area contributed by atoms with Gasteiger partial charge in [-0.15, -0.1) is 11.3 Å². The molecule has 0 bridgehead atoms. The first-order valence-electron chi connectivity index (χ1n) is 5.92. The maximum atomic E-state index is 6.09. The van der Waals surface area contributed by atoms with Gasteiger partial charge < -0.3 is 5.73 Å². The molecule has 1 atom stereocenters. The van der Waals surface area contributed by atoms with Crippen LogP contribution in [0.15, 0.2) is 18.3 Å². The molecule has 0 saturated heterocycles. The molecule has 2 N–H and O–H groups in total. The van der Waals surface area contributed by atoms with Crippen LogP contribution in [-0.2, 0) is 6.42 Å². The lowest BCUT2D eigenvalue weighted by molar-refractivity contribution is 0.564. The Bertz CT molecular complexity index is 530. The maximum absolute atomic E-state index is 6.09. The highest BCUT2D eigenvalue weighted by Crippen LogP contribution is 2.35. The summed E-state index contributed by atoms with van der Waals surface area (Å²) in [5, 5.41) is 1.06. The van der Waals surface area contributed by atoms with Gasteiger partial charge in [-0.25, -0.2) is 4.98 Å². The molecule has 0 aromatic carbocycles. The Morgan fingerprint density at radius 1 is 1.41 bits per heavy atom. The predicted molar refractivity (Wildman–Crippen MR) is 69.9 cm³/mol. The summed E-state index contributed by atoms with van der Waals surface area (Å²) in [5.74, 6) is 0. The molecular formula is C13H15N3S. The number of pyridine rings is 1. The number of hydrogen-bond donors (Lipinski definition) is 1. The topological polar surface area (TPSA) is 51.8 Å². The summed E-state index contributed by atoms with van der Waals surface area (Å²) in [4.78, 5) is 10.4. The van der Waals surface area contributed by atoms with Crippen molar-refractivity contribution in [2.24, 2.45) is 5.73 Å². The lowest BCUT2D eigenvalue weighted by Gasteiger charge is -2.15. The smallest absolute Gasteiger partial charge is 0.125 e. The van der Waals surface area contributed by atoms with Gasteiger partial charge in [0.1, 0.15) is 5.01 Å². The summed E-state index contributed by atoms with van der Waals surface area (Å²) >= 11 is 1.77. The second kappa shape index (κ2) is 4.20. The van der Waals surface area contributed by atoms with Gasteiger partial charge in [0.2, 0.25) is 0 Å². The fraction of sp³-hybridized carbons (Fsp3) is 0.385. The molecule has 0 saturated carbocycles. The van der Waals surface area contributed by atoms with Gasteiger partial charge in [0.15, 0.2) is 0 Å². The number of nitrogens with two attached hydrogens (primary N) is 1. The van der Waals surface area contributed by atoms with E-state index >= 15 is 0 Å². The van der Waals surface area contributed by atoms with E-state index in [-0.39, 0.29) is 6.04 Å². The van der Waals surface area contributed by atoms with Crippen molar-refractivity contribution >= 4 is 11.3 Å². The Morgan fingerprint density at radius 3 is 3.00 bits per heavy atom. The number of rotatable bonds is 1. The monoisotopic (exact) mass is 245 g/mol. The highest BCUT2D eigenvalue weighted by molar-refractivity contribution is 7.15. The molecule has 0 fully saturated rings. The summed E-state index contributed by atoms with van der Waals surface area (Å²) in [5.41, 5.74) is 9.33. The van der Waals surface area contributed by atoms with E-state index in [4.69, 9.17) is 5.73 Å². The molecule has 2 aromatic rings. The van der Waals surface area contributed by atoms with Crippen LogP contribution in [0.5, 0.6) is 0 Å². The van der Waals surface area contributed by atoms with Gasteiger partial charge in [-0.05, 0) is 38.3 Å². The van der Waals surface area contributed by atoms with E-state index in [2.05, 4.69) is 16.0 Å². The van der Waals surface area contributed by atoms with Crippen molar-refractivity contribution in [1.82, 2.24) is 9.97 Å². The Hall–Kier alpha value is -1.26. The van der Waals surface area contributed by atoms with Crippen LogP contribution in [0.3, 0.4) is 0 Å². The minimum absolute atomic E-state index is 0.127. The van der Waals surface area contributed by atoms with Crippen LogP contribution in [0.4, 0.5) is 0 Å². The minimum Gasteiger partial charge on any atom is -0.323 e. The molecule has 3 rings (SSSR count). The van der Waals surface area contributed by atoms with Crippen LogP contribution >= 0.6 is 11.3 Å². The molecule has 0 amide bonds. The number of fused-ring (bicyclic) bond motifs is 1. The Balaban J connectivity index is 2.02. The lowest BCUT2D eigenvalue weighted by atomic mass is 9.99. The zero-order valence-electron chi connectivity index (χ0n) is 9.81. The van der Waals surface area contributed by atoms with Gasteiger partial charge in [-0.3, -0.25) is 4.98 Å². The summed E-state index contributed by atoms with van der Waals surface area (Å²) < 4.78 is 0. The molecule has 4 heteroatoms. The Morgan fingerprint density at radius 2 is 2.29 bits per heavy atom. The van der Waals surface area contributed by atoms with Crippen LogP contribution in [0.2, 0.25) is 0 Å². The molecule has 88 valence electrons. The first-order chi connectivity index (χ1) is 8.24. The van der Waals surface area contributed by atoms with Crippen LogP contribution in [-0.4, -0.2) is 9.97 Å². The van der Waals surface area contributed by atoms with E-state index in [1.54, 1.807) is 11.3 Å². The van der Waals surface area contributed by atoms with Crippen molar-refractivity contribution in [2.75, 3.05) is 0 Å². The summed E-state index contributed by atoms with van der Waals surface area (Å²) in [7, 11) is 0. The molecule has 17 heavy (non-hydrogen) atoms. The third-order valence-electron chi connectivity index (χ3n) is 3.16. The summed E-state index contributed by atoms with van der Waals surface area (Å²) in [6.45, 7) is 1.99. The van der Waals surface area contributed by atoms with Crippen LogP contribution in [0, 0.1) is 6.92 Å². The van der Waals surface area contributed by atoms with E-state index in [1.807, 2.05) is 19.2 Å². The average molecular weight is 245 g/mol. The van der Waals surface area contributed by atoms with Crippen molar-refractivity contribution in [1.29, 1.82) is 0 Å². The molecular weight excluding hydrogens is 230 g/mol. The first kappa shape index (κ1) is 10.9. The molecule has 2 heterocycles. The van der Waals surface area contributed by atoms with Crippen molar-refractivity contribution < 1.29 is 0 Å². The van der Waals surface area contributed by atoms with Gasteiger partial charge >= 0.3 is 0 Å². The number of nitrogens with zero attached hydrogens (tertiary/aromatic N) is 2. The second-order valence-corrected chi connectivity index (χ2v) is 5.60. The van der Waals surface area contributed by atoms with E-state index in [0.717, 1.165) is 34.8 Å². The van der Waals surface area contributed by atoms with E-state index in [9.17, 15) is 0 Å². The molecule has 2 aromatic heterocycles. The number of aryl methyl sites for hydroxylation is 2. The van der Waals surface area contributed by atoms with E-state index in [0.29, 0.717) is 0 Å². The van der Waals surface area contributed by atoms with Gasteiger partial charge in [0.25, 0.3) is 0 Å². The molecule has 1 unspecified atom stereocenters. The molecule has 0 spiro atoms. The van der Waals surface area contributed by atoms with Crippen LogP contribution < -0.4 is 5.73 Å². The fourth-order valence-electron chi connectivity index (χ4n) is 2.17. The molecule has 1 aliphatic rings. The second-order valence-electron chi connectivity index (χ2n) is 4.51. The van der Waals surface area contributed by atoms with E-state index in [1.165, 1.54) is 11.3 Å². The molecule has 0 radical (unpaired) electrons. The number of thiazole rings is 1. The SMILES string of the molecule is Cc1ccc(-c2nc3c(s2)CCCC3N)cn1. The third kappa shape index (κ3) is 1.98. The third-order valence-corrected chi connectivity index (χ3v) is 4.34. The summed E-state index contributed by atoms with van der Waals surface area (Å²) in [6.07, 6.45) is 5.26. The van der Waals surface area contributed by atoms with Crippen LogP contribution in [0.1, 0.15) is 35.1 Å². The van der Waals surface area contributed by atoms with E-state index < -0.39 is 0 Å². The van der Waals surface area contributed by atoms with Gasteiger partial charge in [0, 0.05) is 28.4 Å². The maximum Gasteiger partial charge on any atom is 0.125 e. The zero-order chi connectivity index (χ0) is 11.8. The van der Waals surface area contributed by atoms with Crippen molar-refractivity contribution in [2.45, 2.75) is 32.2 Å². The largest absolute Gasteiger partial charge is 0.323 e. The van der Waals surface area contributed by atoms with Gasteiger partial charge in [-0.1, -0.05) is 0 Å². The molecule has 0 aliphatic heterocycles. The van der Waals surface area contributed by atoms with Crippen molar-refractivity contribution in [3.63, 3.8) is 0 Å². The highest BCUT2D eigenvalue weighted by Gasteiger charge is 2.22. The standard InChI is InChI=1S/C13H15N3S/c1-8-5-6-9(7-15-8)13-16-12-10(14)3-2-4-11(12)17-13/h5-7,10H,2-4,14H2,1H3. The first-order valence-corrected chi connectivity index (χ1v) is 6.74. The molecule has 3 nitrogen and oxygen atoms in total. The predicted octanol–water partition coefficient (Wildman–Crippen LogP) is 2.85. The normalized spacial score (nSPS) is 19.1. The quantitative estimate of drug-likeness (QED) is 0.840. The Kier molecular flexibility index (Phi) is 2.68. The highest BCUT2D eigenvalue weighted by atomic mass is 32.1. The van der Waals surface area contributed by atoms with Gasteiger partial charge in [-0.2, -0.15) is 0 Å². The number of aromatic nitrogens is 2.